The molecule has 3 heterocycles. The molecule has 5 heteroatoms. The quantitative estimate of drug-likeness (QED) is 0.832. The third kappa shape index (κ3) is 3.29. The van der Waals surface area contributed by atoms with E-state index in [2.05, 4.69) is 26.2 Å². The minimum absolute atomic E-state index is 0.533. The number of nitrogens with one attached hydrogen (secondary N) is 1. The summed E-state index contributed by atoms with van der Waals surface area (Å²) in [4.78, 5) is 8.94. The molecule has 20 heavy (non-hydrogen) atoms. The van der Waals surface area contributed by atoms with Gasteiger partial charge in [-0.1, -0.05) is 0 Å². The molecular formula is C15H24N4O. The van der Waals surface area contributed by atoms with Gasteiger partial charge in [0.1, 0.15) is 0 Å². The van der Waals surface area contributed by atoms with Crippen LogP contribution in [-0.2, 0) is 0 Å². The number of nitrogens with zero attached hydrogens (tertiary/aromatic N) is 3. The minimum atomic E-state index is -0.533. The summed E-state index contributed by atoms with van der Waals surface area (Å²) in [7, 11) is 0. The SMILES string of the molecule is O[C@]1(CN2CCN(c3cccnc3)CC2)CCCNC1. The lowest BCUT2D eigenvalue weighted by Gasteiger charge is -2.41. The van der Waals surface area contributed by atoms with E-state index in [0.717, 1.165) is 58.7 Å². The maximum Gasteiger partial charge on any atom is 0.0898 e. The third-order valence-corrected chi connectivity index (χ3v) is 4.35. The number of piperidine rings is 1. The summed E-state index contributed by atoms with van der Waals surface area (Å²) in [5.74, 6) is 0. The number of aliphatic hydroxyl groups is 1. The van der Waals surface area contributed by atoms with E-state index in [0.29, 0.717) is 0 Å². The van der Waals surface area contributed by atoms with Crippen LogP contribution in [-0.4, -0.2) is 66.4 Å². The molecule has 0 radical (unpaired) electrons. The van der Waals surface area contributed by atoms with Gasteiger partial charge in [0.25, 0.3) is 0 Å². The van der Waals surface area contributed by atoms with E-state index >= 15 is 0 Å². The molecule has 1 aromatic heterocycles. The van der Waals surface area contributed by atoms with Crippen LogP contribution in [0.15, 0.2) is 24.5 Å². The smallest absolute Gasteiger partial charge is 0.0898 e. The molecule has 0 amide bonds. The molecule has 0 aliphatic carbocycles. The number of piperazine rings is 1. The molecule has 2 aliphatic heterocycles. The van der Waals surface area contributed by atoms with Gasteiger partial charge < -0.3 is 15.3 Å². The van der Waals surface area contributed by atoms with Gasteiger partial charge in [0, 0.05) is 45.5 Å². The number of hydrogen-bond acceptors (Lipinski definition) is 5. The molecule has 0 unspecified atom stereocenters. The van der Waals surface area contributed by atoms with Crippen molar-refractivity contribution in [2.45, 2.75) is 18.4 Å². The summed E-state index contributed by atoms with van der Waals surface area (Å²) in [6.07, 6.45) is 5.73. The Kier molecular flexibility index (Phi) is 4.19. The van der Waals surface area contributed by atoms with Crippen LogP contribution in [0.4, 0.5) is 5.69 Å². The van der Waals surface area contributed by atoms with Crippen molar-refractivity contribution in [3.05, 3.63) is 24.5 Å². The molecule has 0 bridgehead atoms. The second kappa shape index (κ2) is 6.08. The highest BCUT2D eigenvalue weighted by Crippen LogP contribution is 2.20. The monoisotopic (exact) mass is 276 g/mol. The zero-order valence-electron chi connectivity index (χ0n) is 12.0. The molecule has 1 atom stereocenters. The largest absolute Gasteiger partial charge is 0.387 e. The van der Waals surface area contributed by atoms with E-state index < -0.39 is 5.60 Å². The summed E-state index contributed by atoms with van der Waals surface area (Å²) in [5, 5.41) is 13.9. The first kappa shape index (κ1) is 13.8. The van der Waals surface area contributed by atoms with Crippen LogP contribution in [0.25, 0.3) is 0 Å². The van der Waals surface area contributed by atoms with Crippen molar-refractivity contribution in [1.29, 1.82) is 0 Å². The lowest BCUT2D eigenvalue weighted by Crippen LogP contribution is -2.56. The lowest BCUT2D eigenvalue weighted by atomic mass is 9.93. The Bertz CT molecular complexity index is 411. The third-order valence-electron chi connectivity index (χ3n) is 4.35. The van der Waals surface area contributed by atoms with Crippen LogP contribution in [0.3, 0.4) is 0 Å². The van der Waals surface area contributed by atoms with Crippen molar-refractivity contribution in [2.24, 2.45) is 0 Å². The second-order valence-corrected chi connectivity index (χ2v) is 5.98. The van der Waals surface area contributed by atoms with E-state index in [9.17, 15) is 5.11 Å². The molecule has 0 aromatic carbocycles. The zero-order chi connectivity index (χ0) is 13.8. The minimum Gasteiger partial charge on any atom is -0.387 e. The van der Waals surface area contributed by atoms with Crippen LogP contribution in [0.1, 0.15) is 12.8 Å². The van der Waals surface area contributed by atoms with Gasteiger partial charge in [-0.2, -0.15) is 0 Å². The number of rotatable bonds is 3. The first-order valence-corrected chi connectivity index (χ1v) is 7.56. The fourth-order valence-corrected chi connectivity index (χ4v) is 3.21. The Balaban J connectivity index is 1.51. The average Bonchev–Trinajstić information content (AvgIpc) is 2.49. The summed E-state index contributed by atoms with van der Waals surface area (Å²) >= 11 is 0. The summed E-state index contributed by atoms with van der Waals surface area (Å²) in [6, 6.07) is 4.10. The Hall–Kier alpha value is -1.17. The molecule has 0 saturated carbocycles. The number of aromatic nitrogens is 1. The van der Waals surface area contributed by atoms with Crippen LogP contribution in [0, 0.1) is 0 Å². The fourth-order valence-electron chi connectivity index (χ4n) is 3.21. The van der Waals surface area contributed by atoms with E-state index in [1.165, 1.54) is 5.69 Å². The molecule has 2 aliphatic rings. The number of hydrogen-bond donors (Lipinski definition) is 2. The summed E-state index contributed by atoms with van der Waals surface area (Å²) in [6.45, 7) is 6.60. The van der Waals surface area contributed by atoms with E-state index in [1.54, 1.807) is 0 Å². The maximum absolute atomic E-state index is 10.6. The molecule has 5 nitrogen and oxygen atoms in total. The first-order chi connectivity index (χ1) is 9.75. The Morgan fingerprint density at radius 3 is 2.80 bits per heavy atom. The Labute approximate surface area is 120 Å². The maximum atomic E-state index is 10.6. The van der Waals surface area contributed by atoms with Crippen molar-refractivity contribution < 1.29 is 5.11 Å². The number of anilines is 1. The molecule has 2 saturated heterocycles. The molecule has 0 spiro atoms. The van der Waals surface area contributed by atoms with Gasteiger partial charge >= 0.3 is 0 Å². The first-order valence-electron chi connectivity index (χ1n) is 7.56. The molecule has 110 valence electrons. The highest BCUT2D eigenvalue weighted by atomic mass is 16.3. The Morgan fingerprint density at radius 1 is 1.30 bits per heavy atom. The van der Waals surface area contributed by atoms with Crippen LogP contribution < -0.4 is 10.2 Å². The molecule has 2 N–H and O–H groups in total. The van der Waals surface area contributed by atoms with Crippen molar-refractivity contribution in [1.82, 2.24) is 15.2 Å². The predicted octanol–water partition coefficient (Wildman–Crippen LogP) is 0.318. The zero-order valence-corrected chi connectivity index (χ0v) is 12.0. The van der Waals surface area contributed by atoms with Crippen LogP contribution >= 0.6 is 0 Å². The summed E-state index contributed by atoms with van der Waals surface area (Å²) in [5.41, 5.74) is 0.666. The van der Waals surface area contributed by atoms with E-state index in [4.69, 9.17) is 0 Å². The van der Waals surface area contributed by atoms with Crippen molar-refractivity contribution in [3.8, 4) is 0 Å². The topological polar surface area (TPSA) is 51.6 Å². The molecule has 3 rings (SSSR count). The van der Waals surface area contributed by atoms with Gasteiger partial charge in [0.05, 0.1) is 17.5 Å². The highest BCUT2D eigenvalue weighted by molar-refractivity contribution is 5.44. The number of β-amino-alcohol motifs (C(OH)–C–C–N with tert-alkyl or cyclic N) is 1. The van der Waals surface area contributed by atoms with Gasteiger partial charge in [0.2, 0.25) is 0 Å². The van der Waals surface area contributed by atoms with E-state index in [-0.39, 0.29) is 0 Å². The van der Waals surface area contributed by atoms with Gasteiger partial charge in [0.15, 0.2) is 0 Å². The van der Waals surface area contributed by atoms with E-state index in [1.807, 2.05) is 18.5 Å². The number of pyridine rings is 1. The van der Waals surface area contributed by atoms with Gasteiger partial charge in [-0.05, 0) is 31.5 Å². The van der Waals surface area contributed by atoms with Gasteiger partial charge in [-0.15, -0.1) is 0 Å². The predicted molar refractivity (Wildman–Crippen MR) is 79.9 cm³/mol. The lowest BCUT2D eigenvalue weighted by molar-refractivity contribution is -0.0164. The normalized spacial score (nSPS) is 28.6. The molecular weight excluding hydrogens is 252 g/mol. The molecule has 2 fully saturated rings. The summed E-state index contributed by atoms with van der Waals surface area (Å²) < 4.78 is 0. The Morgan fingerprint density at radius 2 is 2.15 bits per heavy atom. The van der Waals surface area contributed by atoms with Gasteiger partial charge in [-0.3, -0.25) is 9.88 Å². The average molecular weight is 276 g/mol. The van der Waals surface area contributed by atoms with Crippen molar-refractivity contribution in [2.75, 3.05) is 50.7 Å². The fraction of sp³-hybridized carbons (Fsp3) is 0.667. The van der Waals surface area contributed by atoms with Crippen LogP contribution in [0.5, 0.6) is 0 Å². The van der Waals surface area contributed by atoms with Crippen molar-refractivity contribution in [3.63, 3.8) is 0 Å². The second-order valence-electron chi connectivity index (χ2n) is 5.98. The highest BCUT2D eigenvalue weighted by Gasteiger charge is 2.32. The standard InChI is InChI=1S/C15H24N4O/c20-15(4-2-6-17-12-15)13-18-7-9-19(10-8-18)14-3-1-5-16-11-14/h1,3,5,11,17,20H,2,4,6-10,12-13H2/t15-/m1/s1. The molecule has 1 aromatic rings. The van der Waals surface area contributed by atoms with Gasteiger partial charge in [-0.25, -0.2) is 0 Å². The van der Waals surface area contributed by atoms with Crippen molar-refractivity contribution >= 4 is 5.69 Å². The van der Waals surface area contributed by atoms with Crippen LogP contribution in [0.2, 0.25) is 0 Å².